The minimum absolute atomic E-state index is 0.0617. The van der Waals surface area contributed by atoms with Crippen LogP contribution in [0.4, 0.5) is 0 Å². The van der Waals surface area contributed by atoms with Crippen molar-refractivity contribution >= 4 is 5.91 Å². The lowest BCUT2D eigenvalue weighted by Gasteiger charge is -2.37. The summed E-state index contributed by atoms with van der Waals surface area (Å²) in [4.78, 5) is 31.6. The number of hydrogen-bond acceptors (Lipinski definition) is 5. The van der Waals surface area contributed by atoms with E-state index in [-0.39, 0.29) is 23.1 Å². The number of likely N-dealkylation sites (N-methyl/N-ethyl adjacent to an activating group) is 1. The zero-order chi connectivity index (χ0) is 22.9. The van der Waals surface area contributed by atoms with Gasteiger partial charge < -0.3 is 19.3 Å². The molecule has 4 rings (SSSR count). The number of amides is 1. The predicted molar refractivity (Wildman–Crippen MR) is 122 cm³/mol. The van der Waals surface area contributed by atoms with Gasteiger partial charge in [0.25, 0.3) is 5.91 Å². The normalized spacial score (nSPS) is 19.9. The van der Waals surface area contributed by atoms with Crippen molar-refractivity contribution in [2.75, 3.05) is 20.8 Å². The van der Waals surface area contributed by atoms with Gasteiger partial charge in [0, 0.05) is 39.1 Å². The molecule has 172 valence electrons. The number of benzene rings is 1. The molecule has 2 aromatic rings. The van der Waals surface area contributed by atoms with Crippen molar-refractivity contribution in [2.24, 2.45) is 0 Å². The first-order valence-corrected chi connectivity index (χ1v) is 11.6. The molecular formula is C25H33N3O4. The zero-order valence-corrected chi connectivity index (χ0v) is 19.3. The Kier molecular flexibility index (Phi) is 6.38. The van der Waals surface area contributed by atoms with Crippen LogP contribution >= 0.6 is 0 Å². The highest BCUT2D eigenvalue weighted by Gasteiger charge is 2.40. The molecule has 1 aliphatic heterocycles. The number of aromatic nitrogens is 2. The molecule has 2 aliphatic rings. The van der Waals surface area contributed by atoms with Crippen LogP contribution in [0.15, 0.2) is 29.1 Å². The molecule has 1 N–H and O–H groups in total. The third kappa shape index (κ3) is 3.94. The lowest BCUT2D eigenvalue weighted by molar-refractivity contribution is 0.0589. The Morgan fingerprint density at radius 1 is 1.25 bits per heavy atom. The van der Waals surface area contributed by atoms with Gasteiger partial charge in [0.1, 0.15) is 5.82 Å². The van der Waals surface area contributed by atoms with Gasteiger partial charge in [0.15, 0.2) is 5.69 Å². The number of hydrogen-bond donors (Lipinski definition) is 1. The van der Waals surface area contributed by atoms with E-state index in [2.05, 4.69) is 36.2 Å². The number of aromatic hydroxyl groups is 1. The zero-order valence-electron chi connectivity index (χ0n) is 19.3. The second-order valence-electron chi connectivity index (χ2n) is 9.21. The van der Waals surface area contributed by atoms with E-state index in [1.807, 2.05) is 0 Å². The minimum Gasteiger partial charge on any atom is -0.501 e. The van der Waals surface area contributed by atoms with Gasteiger partial charge in [-0.05, 0) is 36.8 Å². The van der Waals surface area contributed by atoms with Crippen LogP contribution in [0.1, 0.15) is 66.5 Å². The smallest absolute Gasteiger partial charge is 0.315 e. The summed E-state index contributed by atoms with van der Waals surface area (Å²) < 4.78 is 7.03. The third-order valence-electron chi connectivity index (χ3n) is 7.36. The molecule has 0 radical (unpaired) electrons. The molecule has 7 nitrogen and oxygen atoms in total. The Bertz CT molecular complexity index is 1060. The summed E-state index contributed by atoms with van der Waals surface area (Å²) in [5.41, 5.74) is 1.80. The van der Waals surface area contributed by atoms with Crippen LogP contribution in [0.2, 0.25) is 0 Å². The first-order valence-electron chi connectivity index (χ1n) is 11.6. The van der Waals surface area contributed by atoms with Crippen LogP contribution in [0.3, 0.4) is 0 Å². The number of ether oxygens (including phenoxy) is 1. The topological polar surface area (TPSA) is 84.7 Å². The maximum atomic E-state index is 13.1. The van der Waals surface area contributed by atoms with E-state index >= 15 is 0 Å². The van der Waals surface area contributed by atoms with E-state index in [9.17, 15) is 14.7 Å². The number of fused-ring (bicyclic) bond motifs is 1. The first kappa shape index (κ1) is 22.5. The van der Waals surface area contributed by atoms with E-state index in [1.165, 1.54) is 11.1 Å². The molecule has 7 heteroatoms. The highest BCUT2D eigenvalue weighted by molar-refractivity contribution is 5.95. The minimum atomic E-state index is -0.723. The Balaban J connectivity index is 1.79. The molecule has 0 saturated heterocycles. The maximum Gasteiger partial charge on any atom is 0.315 e. The summed E-state index contributed by atoms with van der Waals surface area (Å²) in [6.07, 6.45) is 6.52. The molecule has 1 fully saturated rings. The summed E-state index contributed by atoms with van der Waals surface area (Å²) in [6, 6.07) is 8.63. The van der Waals surface area contributed by atoms with Gasteiger partial charge in [-0.15, -0.1) is 0 Å². The van der Waals surface area contributed by atoms with Crippen molar-refractivity contribution in [2.45, 2.75) is 69.9 Å². The summed E-state index contributed by atoms with van der Waals surface area (Å²) >= 11 is 0. The summed E-state index contributed by atoms with van der Waals surface area (Å²) in [5, 5.41) is 10.5. The maximum absolute atomic E-state index is 13.1. The number of rotatable bonds is 7. The van der Waals surface area contributed by atoms with Gasteiger partial charge in [0.2, 0.25) is 5.75 Å². The van der Waals surface area contributed by atoms with E-state index in [1.54, 1.807) is 23.6 Å². The predicted octanol–water partition coefficient (Wildman–Crippen LogP) is 3.06. The number of methoxy groups -OCH3 is 1. The molecule has 1 aliphatic carbocycles. The quantitative estimate of drug-likeness (QED) is 0.717. The van der Waals surface area contributed by atoms with Crippen molar-refractivity contribution in [3.05, 3.63) is 57.3 Å². The van der Waals surface area contributed by atoms with E-state index in [4.69, 9.17) is 4.74 Å². The summed E-state index contributed by atoms with van der Waals surface area (Å²) in [5.74, 6) is -0.302. The van der Waals surface area contributed by atoms with Crippen molar-refractivity contribution in [1.82, 2.24) is 14.5 Å². The Morgan fingerprint density at radius 2 is 2.00 bits per heavy atom. The molecule has 0 bridgehead atoms. The Hall–Kier alpha value is -2.67. The average Bonchev–Trinajstić information content (AvgIpc) is 3.28. The number of carbonyl (C=O) groups excluding carboxylic acids is 1. The van der Waals surface area contributed by atoms with Crippen LogP contribution in [0.5, 0.6) is 5.75 Å². The summed E-state index contributed by atoms with van der Waals surface area (Å²) in [6.45, 7) is 3.17. The third-order valence-corrected chi connectivity index (χ3v) is 7.36. The average molecular weight is 440 g/mol. The second-order valence-corrected chi connectivity index (χ2v) is 9.21. The van der Waals surface area contributed by atoms with Crippen LogP contribution in [-0.2, 0) is 29.5 Å². The first-order chi connectivity index (χ1) is 15.4. The van der Waals surface area contributed by atoms with E-state index in [0.29, 0.717) is 31.8 Å². The fraction of sp³-hybridized carbons (Fsp3) is 0.560. The Labute approximate surface area is 189 Å². The molecule has 1 amide bonds. The van der Waals surface area contributed by atoms with Gasteiger partial charge in [0.05, 0.1) is 6.04 Å². The molecule has 0 unspecified atom stereocenters. The van der Waals surface area contributed by atoms with Crippen LogP contribution < -0.4 is 5.56 Å². The van der Waals surface area contributed by atoms with Crippen molar-refractivity contribution < 1.29 is 14.6 Å². The number of nitrogens with zero attached hydrogens (tertiary/aromatic N) is 3. The molecule has 1 aromatic carbocycles. The summed E-state index contributed by atoms with van der Waals surface area (Å²) in [7, 11) is 3.35. The van der Waals surface area contributed by atoms with E-state index in [0.717, 1.165) is 32.1 Å². The molecular weight excluding hydrogens is 406 g/mol. The van der Waals surface area contributed by atoms with Crippen molar-refractivity contribution in [1.29, 1.82) is 0 Å². The monoisotopic (exact) mass is 439 g/mol. The van der Waals surface area contributed by atoms with Crippen molar-refractivity contribution in [3.8, 4) is 5.75 Å². The standard InChI is InChI=1S/C25H33N3O4/c1-4-17-8-7-9-18(14-17)25(11-5-6-12-25)15-20-26-23(30)22(29)21-24(31)27(2)19(10-13-32-3)16-28(20)21/h7-9,14,19,29H,4-6,10-13,15-16H2,1-3H3/t19-/m0/s1. The van der Waals surface area contributed by atoms with Gasteiger partial charge in [-0.2, -0.15) is 4.98 Å². The lowest BCUT2D eigenvalue weighted by Crippen LogP contribution is -2.48. The number of aryl methyl sites for hydroxylation is 1. The largest absolute Gasteiger partial charge is 0.501 e. The highest BCUT2D eigenvalue weighted by Crippen LogP contribution is 2.44. The van der Waals surface area contributed by atoms with E-state index < -0.39 is 11.3 Å². The van der Waals surface area contributed by atoms with Gasteiger partial charge in [-0.3, -0.25) is 9.59 Å². The second kappa shape index (κ2) is 9.06. The lowest BCUT2D eigenvalue weighted by atomic mass is 9.75. The Morgan fingerprint density at radius 3 is 2.69 bits per heavy atom. The fourth-order valence-electron chi connectivity index (χ4n) is 5.39. The van der Waals surface area contributed by atoms with Crippen LogP contribution in [-0.4, -0.2) is 52.3 Å². The van der Waals surface area contributed by atoms with Crippen LogP contribution in [0, 0.1) is 0 Å². The molecule has 0 spiro atoms. The van der Waals surface area contributed by atoms with Gasteiger partial charge in [-0.25, -0.2) is 0 Å². The van der Waals surface area contributed by atoms with Crippen LogP contribution in [0.25, 0.3) is 0 Å². The van der Waals surface area contributed by atoms with Gasteiger partial charge >= 0.3 is 5.56 Å². The fourth-order valence-corrected chi connectivity index (χ4v) is 5.39. The molecule has 32 heavy (non-hydrogen) atoms. The molecule has 2 heterocycles. The molecule has 1 saturated carbocycles. The molecule has 1 atom stereocenters. The van der Waals surface area contributed by atoms with Gasteiger partial charge in [-0.1, -0.05) is 44.0 Å². The number of carbonyl (C=O) groups is 1. The molecule has 1 aromatic heterocycles. The van der Waals surface area contributed by atoms with Crippen molar-refractivity contribution in [3.63, 3.8) is 0 Å². The SMILES string of the molecule is CCc1cccc(C2(Cc3nc(=O)c(O)c4n3C[C@H](CCOC)N(C)C4=O)CCCC2)c1. The highest BCUT2D eigenvalue weighted by atomic mass is 16.5.